The van der Waals surface area contributed by atoms with E-state index in [9.17, 15) is 4.79 Å². The Labute approximate surface area is 54.2 Å². The van der Waals surface area contributed by atoms with Crippen molar-refractivity contribution in [3.8, 4) is 0 Å². The molecule has 0 N–H and O–H groups in total. The van der Waals surface area contributed by atoms with Crippen molar-refractivity contribution in [3.63, 3.8) is 0 Å². The van der Waals surface area contributed by atoms with E-state index in [1.54, 1.807) is 0 Å². The summed E-state index contributed by atoms with van der Waals surface area (Å²) < 4.78 is 2.55. The monoisotopic (exact) mass is 110 g/mol. The van der Waals surface area contributed by atoms with Crippen molar-refractivity contribution >= 4 is 26.7 Å². The first kappa shape index (κ1) is 7.44. The van der Waals surface area contributed by atoms with E-state index < -0.39 is 0 Å². The second-order valence-electron chi connectivity index (χ2n) is 1.66. The Morgan fingerprint density at radius 3 is 2.86 bits per heavy atom. The number of rotatable bonds is 4. The minimum atomic E-state index is 0.179. The molecule has 0 unspecified atom stereocenters. The summed E-state index contributed by atoms with van der Waals surface area (Å²) in [7, 11) is 0. The molecule has 7 heavy (non-hydrogen) atoms. The molecule has 0 amide bonds. The van der Waals surface area contributed by atoms with Crippen molar-refractivity contribution in [1.29, 1.82) is 0 Å². The van der Waals surface area contributed by atoms with Crippen molar-refractivity contribution in [1.82, 2.24) is 0 Å². The van der Waals surface area contributed by atoms with Gasteiger partial charge in [0.1, 0.15) is 6.29 Å². The van der Waals surface area contributed by atoms with E-state index in [1.807, 2.05) is 0 Å². The van der Waals surface area contributed by atoms with Gasteiger partial charge in [-0.25, -0.2) is 0 Å². The summed E-state index contributed by atoms with van der Waals surface area (Å²) in [6, 6.07) is 0. The lowest BCUT2D eigenvalue weighted by Gasteiger charge is -1.81. The Balaban J connectivity index is 2.56. The van der Waals surface area contributed by atoms with E-state index in [4.69, 9.17) is 0 Å². The van der Waals surface area contributed by atoms with Gasteiger partial charge in [0.25, 0.3) is 0 Å². The highest BCUT2D eigenvalue weighted by molar-refractivity contribution is 6.35. The average molecular weight is 110 g/mol. The third kappa shape index (κ3) is 6.44. The van der Waals surface area contributed by atoms with E-state index in [2.05, 4.69) is 6.92 Å². The fraction of sp³-hybridized carbons (Fsp3) is 0.800. The Morgan fingerprint density at radius 2 is 2.43 bits per heavy atom. The molecule has 0 aliphatic rings. The van der Waals surface area contributed by atoms with Gasteiger partial charge in [0.2, 0.25) is 0 Å². The summed E-state index contributed by atoms with van der Waals surface area (Å²) in [5.74, 6) is 0. The smallest absolute Gasteiger partial charge is 0.303 e. The van der Waals surface area contributed by atoms with Crippen LogP contribution < -0.4 is 0 Å². The average Bonchev–Trinajstić information content (AvgIpc) is 1.69. The van der Waals surface area contributed by atoms with E-state index in [1.165, 1.54) is 9.10 Å². The van der Waals surface area contributed by atoms with Crippen LogP contribution in [0.2, 0.25) is 9.10 Å². The van der Waals surface area contributed by atoms with Gasteiger partial charge in [-0.15, -0.1) is 9.10 Å². The maximum atomic E-state index is 9.70. The van der Waals surface area contributed by atoms with Gasteiger partial charge < -0.3 is 4.79 Å². The highest BCUT2D eigenvalue weighted by Crippen LogP contribution is 1.85. The molecule has 0 saturated carbocycles. The van der Waals surface area contributed by atoms with Crippen LogP contribution in [0.25, 0.3) is 0 Å². The zero-order valence-corrected chi connectivity index (χ0v) is 6.23. The van der Waals surface area contributed by atoms with Crippen LogP contribution in [0.5, 0.6) is 0 Å². The van der Waals surface area contributed by atoms with Gasteiger partial charge in [-0.2, -0.15) is 0 Å². The molecule has 0 heterocycles. The summed E-state index contributed by atoms with van der Waals surface area (Å²) in [4.78, 5) is 9.70. The van der Waals surface area contributed by atoms with E-state index in [-0.39, 0.29) is 20.4 Å². The van der Waals surface area contributed by atoms with Gasteiger partial charge in [-0.05, 0) is 6.42 Å². The molecule has 0 spiro atoms. The SMILES string of the molecule is C[CH2][Mg][CH2]CC=O. The molecule has 0 rings (SSSR count). The third-order valence-electron chi connectivity index (χ3n) is 0.926. The molecule has 1 nitrogen and oxygen atoms in total. The zero-order chi connectivity index (χ0) is 5.54. The van der Waals surface area contributed by atoms with Crippen molar-refractivity contribution in [2.24, 2.45) is 0 Å². The number of hydrogen-bond acceptors (Lipinski definition) is 1. The largest absolute Gasteiger partial charge is 0.364 e. The standard InChI is InChI=1S/C3H5O.C2H5.Mg/c1-2-3-4;1-2;/h3H,1-2H2;1H2,2H3;. The van der Waals surface area contributed by atoms with E-state index in [0.29, 0.717) is 0 Å². The number of carbonyl (C=O) groups excluding carboxylic acids is 1. The van der Waals surface area contributed by atoms with Gasteiger partial charge in [-0.1, -0.05) is 6.92 Å². The Kier molecular flexibility index (Phi) is 6.84. The predicted octanol–water partition coefficient (Wildman–Crippen LogP) is 1.14. The van der Waals surface area contributed by atoms with E-state index in [0.717, 1.165) is 12.7 Å². The third-order valence-corrected chi connectivity index (χ3v) is 2.54. The van der Waals surface area contributed by atoms with Crippen molar-refractivity contribution in [2.45, 2.75) is 22.4 Å². The molecule has 0 aromatic rings. The summed E-state index contributed by atoms with van der Waals surface area (Å²) in [5.41, 5.74) is 0. The van der Waals surface area contributed by atoms with Crippen LogP contribution in [-0.4, -0.2) is 26.7 Å². The second kappa shape index (κ2) is 6.44. The number of carbonyl (C=O) groups is 1. The first-order valence-electron chi connectivity index (χ1n) is 2.85. The lowest BCUT2D eigenvalue weighted by Crippen LogP contribution is -1.84. The zero-order valence-electron chi connectivity index (χ0n) is 4.81. The normalized spacial score (nSPS) is 7.57. The van der Waals surface area contributed by atoms with Crippen LogP contribution in [0.3, 0.4) is 0 Å². The van der Waals surface area contributed by atoms with Crippen LogP contribution >= 0.6 is 0 Å². The molecular formula is C5H10MgO. The molecule has 0 bridgehead atoms. The predicted molar refractivity (Wildman–Crippen MR) is 31.7 cm³/mol. The summed E-state index contributed by atoms with van der Waals surface area (Å²) >= 11 is 0.179. The second-order valence-corrected chi connectivity index (χ2v) is 4.08. The van der Waals surface area contributed by atoms with Crippen LogP contribution in [0.1, 0.15) is 13.3 Å². The van der Waals surface area contributed by atoms with Crippen LogP contribution in [-0.2, 0) is 4.79 Å². The van der Waals surface area contributed by atoms with Gasteiger partial charge in [-0.3, -0.25) is 0 Å². The summed E-state index contributed by atoms with van der Waals surface area (Å²) in [6.45, 7) is 2.19. The molecular weight excluding hydrogens is 100 g/mol. The van der Waals surface area contributed by atoms with Crippen LogP contribution in [0, 0.1) is 0 Å². The van der Waals surface area contributed by atoms with Crippen molar-refractivity contribution < 1.29 is 4.79 Å². The molecule has 0 aliphatic carbocycles. The summed E-state index contributed by atoms with van der Waals surface area (Å²) in [5, 5.41) is 0. The minimum absolute atomic E-state index is 0.179. The fourth-order valence-corrected chi connectivity index (χ4v) is 1.43. The van der Waals surface area contributed by atoms with Gasteiger partial charge in [0.15, 0.2) is 0 Å². The molecule has 0 saturated heterocycles. The highest BCUT2D eigenvalue weighted by atomic mass is 24.5. The lowest BCUT2D eigenvalue weighted by atomic mass is 10.6. The molecule has 0 aromatic carbocycles. The van der Waals surface area contributed by atoms with Crippen molar-refractivity contribution in [2.75, 3.05) is 0 Å². The van der Waals surface area contributed by atoms with Gasteiger partial charge in [0.05, 0.1) is 0 Å². The maximum Gasteiger partial charge on any atom is 0.364 e. The number of hydrogen-bond donors (Lipinski definition) is 0. The molecule has 2 heteroatoms. The quantitative estimate of drug-likeness (QED) is 0.301. The highest BCUT2D eigenvalue weighted by Gasteiger charge is 1.87. The Bertz CT molecular complexity index is 45.3. The fourth-order valence-electron chi connectivity index (χ4n) is 0.478. The molecule has 38 valence electrons. The molecule has 0 aliphatic heterocycles. The first-order valence-corrected chi connectivity index (χ1v) is 4.85. The first-order chi connectivity index (χ1) is 3.41. The summed E-state index contributed by atoms with van der Waals surface area (Å²) in [6.07, 6.45) is 1.82. The molecule has 0 atom stereocenters. The van der Waals surface area contributed by atoms with Crippen molar-refractivity contribution in [3.05, 3.63) is 0 Å². The van der Waals surface area contributed by atoms with Gasteiger partial charge >= 0.3 is 20.4 Å². The minimum Gasteiger partial charge on any atom is -0.303 e. The van der Waals surface area contributed by atoms with E-state index >= 15 is 0 Å². The lowest BCUT2D eigenvalue weighted by molar-refractivity contribution is -0.107. The Hall–Kier alpha value is 0.436. The molecule has 0 aromatic heterocycles. The number of aldehydes is 1. The molecule has 0 fully saturated rings. The van der Waals surface area contributed by atoms with Gasteiger partial charge in [0, 0.05) is 0 Å². The Morgan fingerprint density at radius 1 is 1.71 bits per heavy atom. The van der Waals surface area contributed by atoms with Crippen LogP contribution in [0.4, 0.5) is 0 Å². The van der Waals surface area contributed by atoms with Crippen LogP contribution in [0.15, 0.2) is 0 Å². The maximum absolute atomic E-state index is 9.70. The topological polar surface area (TPSA) is 17.1 Å². The molecule has 0 radical (unpaired) electrons.